The second kappa shape index (κ2) is 28.8. The molecule has 2 N–H and O–H groups in total. The largest absolute Gasteiger partial charge is 0.330 e. The van der Waals surface area contributed by atoms with Gasteiger partial charge in [-0.15, -0.1) is 0 Å². The van der Waals surface area contributed by atoms with Crippen molar-refractivity contribution in [2.45, 2.75) is 167 Å². The highest BCUT2D eigenvalue weighted by atomic mass is 35.7. The maximum absolute atomic E-state index is 5.89. The Hall–Kier alpha value is 0.757. The highest BCUT2D eigenvalue weighted by molar-refractivity contribution is 7.33. The lowest BCUT2D eigenvalue weighted by atomic mass is 10.0. The van der Waals surface area contributed by atoms with Gasteiger partial charge in [0.15, 0.2) is 0 Å². The summed E-state index contributed by atoms with van der Waals surface area (Å²) in [6.45, 7) is 0.870. The molecule has 0 aromatic carbocycles. The molecule has 0 aliphatic rings. The van der Waals surface area contributed by atoms with Gasteiger partial charge in [-0.25, -0.2) is 0 Å². The molecule has 0 bridgehead atoms. The van der Waals surface area contributed by atoms with Crippen molar-refractivity contribution in [1.82, 2.24) is 0 Å². The SMILES string of the molecule is NCCCCCCCCCCCCCCCCCCCCCCCCCCC[SiH](Cl)Cl. The fourth-order valence-electron chi connectivity index (χ4n) is 4.51. The van der Waals surface area contributed by atoms with Crippen LogP contribution in [0.25, 0.3) is 0 Å². The summed E-state index contributed by atoms with van der Waals surface area (Å²) < 4.78 is 0. The van der Waals surface area contributed by atoms with Crippen LogP contribution >= 0.6 is 22.2 Å². The number of nitrogens with two attached hydrogens (primary N) is 1. The molecule has 0 aromatic rings. The summed E-state index contributed by atoms with van der Waals surface area (Å²) in [6.07, 6.45) is 35.6. The zero-order valence-corrected chi connectivity index (χ0v) is 23.7. The molecule has 0 heterocycles. The average molecular weight is 495 g/mol. The van der Waals surface area contributed by atoms with Crippen molar-refractivity contribution in [3.63, 3.8) is 0 Å². The molecule has 0 saturated carbocycles. The lowest BCUT2D eigenvalue weighted by Gasteiger charge is -2.04. The molecule has 31 heavy (non-hydrogen) atoms. The maximum Gasteiger partial charge on any atom is 0.237 e. The Balaban J connectivity index is 2.99. The van der Waals surface area contributed by atoms with Gasteiger partial charge in [-0.05, 0) is 19.0 Å². The molecule has 1 nitrogen and oxygen atoms in total. The second-order valence-electron chi connectivity index (χ2n) is 9.81. The van der Waals surface area contributed by atoms with Crippen LogP contribution < -0.4 is 5.73 Å². The van der Waals surface area contributed by atoms with Gasteiger partial charge in [-0.2, -0.15) is 22.2 Å². The predicted octanol–water partition coefficient (Wildman–Crippen LogP) is 10.4. The lowest BCUT2D eigenvalue weighted by molar-refractivity contribution is 0.516. The molecule has 0 unspecified atom stereocenters. The van der Waals surface area contributed by atoms with Crippen molar-refractivity contribution in [2.24, 2.45) is 5.73 Å². The fraction of sp³-hybridized carbons (Fsp3) is 1.00. The summed E-state index contributed by atoms with van der Waals surface area (Å²) in [5, 5.41) is 0. The van der Waals surface area contributed by atoms with Crippen molar-refractivity contribution in [3.8, 4) is 0 Å². The van der Waals surface area contributed by atoms with Crippen molar-refractivity contribution < 1.29 is 0 Å². The van der Waals surface area contributed by atoms with Crippen LogP contribution in [0.5, 0.6) is 0 Å². The summed E-state index contributed by atoms with van der Waals surface area (Å²) >= 11 is 11.8. The Bertz CT molecular complexity index is 316. The van der Waals surface area contributed by atoms with E-state index in [9.17, 15) is 0 Å². The van der Waals surface area contributed by atoms with Crippen LogP contribution in [-0.4, -0.2) is 14.0 Å². The molecule has 4 heteroatoms. The number of halogens is 2. The maximum atomic E-state index is 5.89. The molecular weight excluding hydrogens is 437 g/mol. The highest BCUT2D eigenvalue weighted by Gasteiger charge is 2.00. The van der Waals surface area contributed by atoms with Crippen molar-refractivity contribution >= 4 is 29.6 Å². The Morgan fingerprint density at radius 2 is 0.516 bits per heavy atom. The minimum absolute atomic E-state index is 0.870. The number of rotatable bonds is 27. The number of hydrogen-bond acceptors (Lipinski definition) is 1. The average Bonchev–Trinajstić information content (AvgIpc) is 2.76. The van der Waals surface area contributed by atoms with Gasteiger partial charge >= 0.3 is 0 Å². The monoisotopic (exact) mass is 493 g/mol. The van der Waals surface area contributed by atoms with E-state index in [4.69, 9.17) is 27.9 Å². The van der Waals surface area contributed by atoms with Crippen LogP contribution in [0.4, 0.5) is 0 Å². The molecular formula is C27H57Cl2NSi. The molecule has 0 aromatic heterocycles. The van der Waals surface area contributed by atoms with Crippen molar-refractivity contribution in [3.05, 3.63) is 0 Å². The Kier molecular flexibility index (Phi) is 29.5. The number of unbranched alkanes of at least 4 members (excludes halogenated alkanes) is 24. The van der Waals surface area contributed by atoms with Gasteiger partial charge in [-0.3, -0.25) is 0 Å². The molecule has 0 amide bonds. The van der Waals surface area contributed by atoms with Crippen molar-refractivity contribution in [1.29, 1.82) is 0 Å². The topological polar surface area (TPSA) is 26.0 Å². The van der Waals surface area contributed by atoms with E-state index in [0.29, 0.717) is 0 Å². The predicted molar refractivity (Wildman–Crippen MR) is 148 cm³/mol. The molecule has 0 rings (SSSR count). The van der Waals surface area contributed by atoms with Gasteiger partial charge in [0.25, 0.3) is 0 Å². The van der Waals surface area contributed by atoms with Crippen LogP contribution in [0.2, 0.25) is 6.04 Å². The summed E-state index contributed by atoms with van der Waals surface area (Å²) in [5.74, 6) is 0. The van der Waals surface area contributed by atoms with Gasteiger partial charge in [0.05, 0.1) is 0 Å². The van der Waals surface area contributed by atoms with Gasteiger partial charge in [-0.1, -0.05) is 154 Å². The van der Waals surface area contributed by atoms with E-state index in [-0.39, 0.29) is 0 Å². The van der Waals surface area contributed by atoms with E-state index in [1.165, 1.54) is 161 Å². The summed E-state index contributed by atoms with van der Waals surface area (Å²) in [4.78, 5) is 0. The summed E-state index contributed by atoms with van der Waals surface area (Å²) in [6, 6.07) is 1.10. The molecule has 0 saturated heterocycles. The standard InChI is InChI=1S/C27H57Cl2NSi/c28-31(29)27-25-23-21-19-17-15-13-11-9-7-5-3-1-2-4-6-8-10-12-14-16-18-20-22-24-26-30/h31H,1-27,30H2. The van der Waals surface area contributed by atoms with Gasteiger partial charge in [0.2, 0.25) is 7.42 Å². The van der Waals surface area contributed by atoms with E-state index in [1.807, 2.05) is 0 Å². The second-order valence-corrected chi connectivity index (χ2v) is 15.0. The first-order valence-electron chi connectivity index (χ1n) is 14.3. The van der Waals surface area contributed by atoms with E-state index >= 15 is 0 Å². The molecule has 0 radical (unpaired) electrons. The molecule has 0 aliphatic carbocycles. The number of hydrogen-bond donors (Lipinski definition) is 1. The van der Waals surface area contributed by atoms with Crippen LogP contribution in [-0.2, 0) is 0 Å². The first-order valence-corrected chi connectivity index (χ1v) is 18.6. The third kappa shape index (κ3) is 30.8. The summed E-state index contributed by atoms with van der Waals surface area (Å²) in [7, 11) is -1.33. The van der Waals surface area contributed by atoms with E-state index < -0.39 is 7.42 Å². The van der Waals surface area contributed by atoms with Gasteiger partial charge in [0.1, 0.15) is 0 Å². The minimum atomic E-state index is -1.33. The molecule has 188 valence electrons. The van der Waals surface area contributed by atoms with E-state index in [1.54, 1.807) is 0 Å². The Labute approximate surface area is 208 Å². The van der Waals surface area contributed by atoms with Crippen LogP contribution in [0, 0.1) is 0 Å². The van der Waals surface area contributed by atoms with Crippen molar-refractivity contribution in [2.75, 3.05) is 6.54 Å². The smallest absolute Gasteiger partial charge is 0.237 e. The van der Waals surface area contributed by atoms with Gasteiger partial charge < -0.3 is 5.73 Å². The molecule has 0 aliphatic heterocycles. The van der Waals surface area contributed by atoms with E-state index in [2.05, 4.69) is 0 Å². The Morgan fingerprint density at radius 3 is 0.710 bits per heavy atom. The lowest BCUT2D eigenvalue weighted by Crippen LogP contribution is -1.97. The minimum Gasteiger partial charge on any atom is -0.330 e. The molecule has 0 fully saturated rings. The molecule has 0 spiro atoms. The first kappa shape index (κ1) is 31.8. The third-order valence-corrected chi connectivity index (χ3v) is 8.78. The zero-order valence-electron chi connectivity index (χ0n) is 21.0. The third-order valence-electron chi connectivity index (χ3n) is 6.63. The van der Waals surface area contributed by atoms with Crippen LogP contribution in [0.1, 0.15) is 161 Å². The summed E-state index contributed by atoms with van der Waals surface area (Å²) in [5.41, 5.74) is 5.53. The van der Waals surface area contributed by atoms with Crippen LogP contribution in [0.15, 0.2) is 0 Å². The van der Waals surface area contributed by atoms with E-state index in [0.717, 1.165) is 12.6 Å². The Morgan fingerprint density at radius 1 is 0.323 bits per heavy atom. The molecule has 0 atom stereocenters. The normalized spacial score (nSPS) is 11.6. The highest BCUT2D eigenvalue weighted by Crippen LogP contribution is 2.16. The quantitative estimate of drug-likeness (QED) is 0.0686. The van der Waals surface area contributed by atoms with Crippen LogP contribution in [0.3, 0.4) is 0 Å². The fourth-order valence-corrected chi connectivity index (χ4v) is 6.03. The zero-order chi connectivity index (χ0) is 22.7. The first-order chi connectivity index (χ1) is 15.3. The van der Waals surface area contributed by atoms with Gasteiger partial charge in [0, 0.05) is 0 Å².